The second-order valence-electron chi connectivity index (χ2n) is 9.65. The number of carbonyl (C=O) groups is 1. The first-order valence-corrected chi connectivity index (χ1v) is 11.5. The summed E-state index contributed by atoms with van der Waals surface area (Å²) in [6, 6.07) is 7.91. The molecule has 6 nitrogen and oxygen atoms in total. The van der Waals surface area contributed by atoms with Gasteiger partial charge in [-0.05, 0) is 45.7 Å². The summed E-state index contributed by atoms with van der Waals surface area (Å²) in [5.74, 6) is -4.00. The van der Waals surface area contributed by atoms with Gasteiger partial charge in [0.2, 0.25) is 5.92 Å². The van der Waals surface area contributed by atoms with E-state index in [0.717, 1.165) is 0 Å². The van der Waals surface area contributed by atoms with Crippen LogP contribution in [0.3, 0.4) is 0 Å². The molecular weight excluding hydrogens is 457 g/mol. The van der Waals surface area contributed by atoms with Crippen LogP contribution in [0, 0.1) is 5.82 Å². The van der Waals surface area contributed by atoms with Crippen molar-refractivity contribution in [3.05, 3.63) is 66.0 Å². The molecule has 0 spiro atoms. The topological polar surface area (TPSA) is 77.0 Å². The number of anilines is 1. The molecule has 35 heavy (non-hydrogen) atoms. The highest BCUT2D eigenvalue weighted by molar-refractivity contribution is 6.06. The number of amides is 1. The fraction of sp³-hybridized carbons (Fsp3) is 0.385. The minimum atomic E-state index is -2.71. The second kappa shape index (κ2) is 9.64. The van der Waals surface area contributed by atoms with Gasteiger partial charge in [-0.2, -0.15) is 0 Å². The SMILES string of the molecule is CC(C)(C)Oc1ncc(C(=O)Nc2c(-c3ccccc3F)ccnc2C2CCC(F)(F)CC2)cn1. The van der Waals surface area contributed by atoms with Crippen LogP contribution in [0.5, 0.6) is 6.01 Å². The normalized spacial score (nSPS) is 16.1. The van der Waals surface area contributed by atoms with Crippen LogP contribution >= 0.6 is 0 Å². The van der Waals surface area contributed by atoms with Crippen LogP contribution in [0.1, 0.15) is 68.4 Å². The van der Waals surface area contributed by atoms with Crippen molar-refractivity contribution in [2.75, 3.05) is 5.32 Å². The van der Waals surface area contributed by atoms with Gasteiger partial charge in [-0.1, -0.05) is 18.2 Å². The quantitative estimate of drug-likeness (QED) is 0.453. The summed E-state index contributed by atoms with van der Waals surface area (Å²) in [4.78, 5) is 25.8. The van der Waals surface area contributed by atoms with Gasteiger partial charge in [0.05, 0.1) is 16.9 Å². The summed E-state index contributed by atoms with van der Waals surface area (Å²) in [6.07, 6.45) is 4.09. The third-order valence-corrected chi connectivity index (χ3v) is 5.77. The Morgan fingerprint density at radius 1 is 1.03 bits per heavy atom. The van der Waals surface area contributed by atoms with E-state index in [9.17, 15) is 18.0 Å². The molecule has 1 saturated carbocycles. The van der Waals surface area contributed by atoms with Crippen LogP contribution in [-0.2, 0) is 0 Å². The van der Waals surface area contributed by atoms with Crippen molar-refractivity contribution in [1.29, 1.82) is 0 Å². The number of aromatic nitrogens is 3. The lowest BCUT2D eigenvalue weighted by atomic mass is 9.83. The van der Waals surface area contributed by atoms with Gasteiger partial charge in [0, 0.05) is 48.5 Å². The van der Waals surface area contributed by atoms with Gasteiger partial charge in [0.25, 0.3) is 5.91 Å². The smallest absolute Gasteiger partial charge is 0.316 e. The van der Waals surface area contributed by atoms with E-state index in [4.69, 9.17) is 4.74 Å². The van der Waals surface area contributed by atoms with E-state index in [1.54, 1.807) is 24.3 Å². The number of benzene rings is 1. The Balaban J connectivity index is 1.69. The van der Waals surface area contributed by atoms with Crippen molar-refractivity contribution >= 4 is 11.6 Å². The molecule has 1 amide bonds. The van der Waals surface area contributed by atoms with Gasteiger partial charge in [-0.3, -0.25) is 9.78 Å². The summed E-state index contributed by atoms with van der Waals surface area (Å²) < 4.78 is 47.9. The molecule has 1 aliphatic carbocycles. The Hall–Kier alpha value is -3.49. The highest BCUT2D eigenvalue weighted by atomic mass is 19.3. The van der Waals surface area contributed by atoms with Crippen molar-refractivity contribution in [1.82, 2.24) is 15.0 Å². The maximum atomic E-state index is 14.7. The van der Waals surface area contributed by atoms with E-state index >= 15 is 0 Å². The number of hydrogen-bond donors (Lipinski definition) is 1. The van der Waals surface area contributed by atoms with E-state index in [0.29, 0.717) is 16.9 Å². The van der Waals surface area contributed by atoms with E-state index in [2.05, 4.69) is 20.3 Å². The molecule has 0 aliphatic heterocycles. The van der Waals surface area contributed by atoms with Crippen molar-refractivity contribution in [2.24, 2.45) is 0 Å². The standard InChI is InChI=1S/C26H27F3N4O2/c1-25(2,3)35-24-31-14-17(15-32-24)23(34)33-22-19(18-6-4-5-7-20(18)27)10-13-30-21(22)16-8-11-26(28,29)12-9-16/h4-7,10,13-16H,8-9,11-12H2,1-3H3,(H,33,34). The number of halogens is 3. The number of rotatable bonds is 5. The third-order valence-electron chi connectivity index (χ3n) is 5.77. The summed E-state index contributed by atoms with van der Waals surface area (Å²) in [5.41, 5.74) is 1.12. The summed E-state index contributed by atoms with van der Waals surface area (Å²) in [6.45, 7) is 5.56. The molecule has 1 aromatic carbocycles. The number of nitrogens with one attached hydrogen (secondary N) is 1. The van der Waals surface area contributed by atoms with Crippen LogP contribution in [-0.4, -0.2) is 32.4 Å². The first-order valence-electron chi connectivity index (χ1n) is 11.5. The van der Waals surface area contributed by atoms with Crippen molar-refractivity contribution in [3.8, 4) is 17.1 Å². The van der Waals surface area contributed by atoms with Crippen LogP contribution in [0.2, 0.25) is 0 Å². The van der Waals surface area contributed by atoms with Gasteiger partial charge in [-0.25, -0.2) is 23.1 Å². The van der Waals surface area contributed by atoms with Crippen LogP contribution in [0.4, 0.5) is 18.9 Å². The highest BCUT2D eigenvalue weighted by Crippen LogP contribution is 2.44. The molecule has 1 N–H and O–H groups in total. The van der Waals surface area contributed by atoms with Crippen molar-refractivity contribution < 1.29 is 22.7 Å². The lowest BCUT2D eigenvalue weighted by molar-refractivity contribution is -0.0384. The zero-order valence-electron chi connectivity index (χ0n) is 19.8. The van der Waals surface area contributed by atoms with Gasteiger partial charge < -0.3 is 10.1 Å². The molecule has 1 fully saturated rings. The van der Waals surface area contributed by atoms with Crippen LogP contribution in [0.25, 0.3) is 11.1 Å². The van der Waals surface area contributed by atoms with Crippen LogP contribution < -0.4 is 10.1 Å². The maximum absolute atomic E-state index is 14.7. The molecule has 0 saturated heterocycles. The fourth-order valence-electron chi connectivity index (χ4n) is 4.08. The Kier molecular flexibility index (Phi) is 6.78. The molecule has 0 radical (unpaired) electrons. The number of ether oxygens (including phenoxy) is 1. The molecule has 3 aromatic rings. The van der Waals surface area contributed by atoms with Gasteiger partial charge in [0.1, 0.15) is 11.4 Å². The Morgan fingerprint density at radius 2 is 1.69 bits per heavy atom. The first kappa shape index (κ1) is 24.6. The molecule has 0 unspecified atom stereocenters. The van der Waals surface area contributed by atoms with Crippen molar-refractivity contribution in [3.63, 3.8) is 0 Å². The molecular formula is C26H27F3N4O2. The molecule has 0 atom stereocenters. The molecule has 2 aromatic heterocycles. The van der Waals surface area contributed by atoms with E-state index in [1.807, 2.05) is 20.8 Å². The summed E-state index contributed by atoms with van der Waals surface area (Å²) in [5, 5.41) is 2.83. The third kappa shape index (κ3) is 5.96. The number of nitrogens with zero attached hydrogens (tertiary/aromatic N) is 3. The molecule has 0 bridgehead atoms. The molecule has 9 heteroatoms. The number of alkyl halides is 2. The highest BCUT2D eigenvalue weighted by Gasteiger charge is 2.37. The predicted octanol–water partition coefficient (Wildman–Crippen LogP) is 6.40. The minimum absolute atomic E-state index is 0.131. The Labute approximate surface area is 202 Å². The second-order valence-corrected chi connectivity index (χ2v) is 9.65. The summed E-state index contributed by atoms with van der Waals surface area (Å²) >= 11 is 0. The molecule has 1 aliphatic rings. The summed E-state index contributed by atoms with van der Waals surface area (Å²) in [7, 11) is 0. The number of carbonyl (C=O) groups excluding carboxylic acids is 1. The molecule has 4 rings (SSSR count). The minimum Gasteiger partial charge on any atom is -0.458 e. The molecule has 184 valence electrons. The fourth-order valence-corrected chi connectivity index (χ4v) is 4.08. The predicted molar refractivity (Wildman–Crippen MR) is 126 cm³/mol. The van der Waals surface area contributed by atoms with Gasteiger partial charge >= 0.3 is 6.01 Å². The lowest BCUT2D eigenvalue weighted by Gasteiger charge is -2.29. The van der Waals surface area contributed by atoms with Crippen molar-refractivity contribution in [2.45, 2.75) is 63.9 Å². The van der Waals surface area contributed by atoms with E-state index in [1.165, 1.54) is 24.7 Å². The largest absolute Gasteiger partial charge is 0.458 e. The first-order chi connectivity index (χ1) is 16.5. The van der Waals surface area contributed by atoms with E-state index < -0.39 is 23.2 Å². The number of hydrogen-bond acceptors (Lipinski definition) is 5. The number of pyridine rings is 1. The average Bonchev–Trinajstić information content (AvgIpc) is 2.79. The monoisotopic (exact) mass is 484 g/mol. The zero-order chi connectivity index (χ0) is 25.2. The average molecular weight is 485 g/mol. The van der Waals surface area contributed by atoms with E-state index in [-0.39, 0.29) is 48.7 Å². The molecule has 2 heterocycles. The lowest BCUT2D eigenvalue weighted by Crippen LogP contribution is -2.25. The zero-order valence-corrected chi connectivity index (χ0v) is 19.8. The van der Waals surface area contributed by atoms with Gasteiger partial charge in [-0.15, -0.1) is 0 Å². The van der Waals surface area contributed by atoms with Crippen LogP contribution in [0.15, 0.2) is 48.9 Å². The van der Waals surface area contributed by atoms with Gasteiger partial charge in [0.15, 0.2) is 0 Å². The Bertz CT molecular complexity index is 1200. The Morgan fingerprint density at radius 3 is 2.31 bits per heavy atom. The maximum Gasteiger partial charge on any atom is 0.316 e.